The number of alkyl halides is 3. The van der Waals surface area contributed by atoms with E-state index in [-0.39, 0.29) is 12.7 Å². The van der Waals surface area contributed by atoms with E-state index >= 15 is 0 Å². The third-order valence-electron chi connectivity index (χ3n) is 1.93. The van der Waals surface area contributed by atoms with E-state index in [9.17, 15) is 13.2 Å². The molecule has 1 unspecified atom stereocenters. The molecule has 1 atom stereocenters. The van der Waals surface area contributed by atoms with Crippen LogP contribution in [0.25, 0.3) is 0 Å². The molecule has 0 aromatic heterocycles. The van der Waals surface area contributed by atoms with Gasteiger partial charge >= 0.3 is 6.18 Å². The number of unbranched alkanes of at least 4 members (excludes halogenated alkanes) is 1. The number of halogens is 3. The van der Waals surface area contributed by atoms with Crippen LogP contribution in [-0.2, 0) is 4.74 Å². The number of hydrogen-bond acceptors (Lipinski definition) is 2. The minimum absolute atomic E-state index is 0.163. The maximum Gasteiger partial charge on any atom is 0.391 e. The van der Waals surface area contributed by atoms with Crippen LogP contribution in [0.5, 0.6) is 0 Å². The molecule has 0 aliphatic carbocycles. The molecular weight excluding hydrogens is 207 g/mol. The van der Waals surface area contributed by atoms with Gasteiger partial charge in [-0.2, -0.15) is 13.2 Å². The van der Waals surface area contributed by atoms with Gasteiger partial charge in [-0.3, -0.25) is 0 Å². The van der Waals surface area contributed by atoms with Gasteiger partial charge in [-0.05, 0) is 19.9 Å². The molecule has 0 aromatic carbocycles. The quantitative estimate of drug-likeness (QED) is 0.644. The normalized spacial score (nSPS) is 14.2. The molecule has 0 rings (SSSR count). The van der Waals surface area contributed by atoms with E-state index in [0.29, 0.717) is 6.54 Å². The fourth-order valence-corrected chi connectivity index (χ4v) is 1.04. The topological polar surface area (TPSA) is 21.3 Å². The van der Waals surface area contributed by atoms with Crippen molar-refractivity contribution in [2.45, 2.75) is 45.4 Å². The van der Waals surface area contributed by atoms with E-state index in [4.69, 9.17) is 4.74 Å². The fraction of sp³-hybridized carbons (Fsp3) is 1.00. The monoisotopic (exact) mass is 227 g/mol. The van der Waals surface area contributed by atoms with E-state index in [1.54, 1.807) is 6.92 Å². The van der Waals surface area contributed by atoms with Gasteiger partial charge in [-0.15, -0.1) is 0 Å². The minimum Gasteiger partial charge on any atom is -0.377 e. The van der Waals surface area contributed by atoms with Gasteiger partial charge < -0.3 is 10.1 Å². The van der Waals surface area contributed by atoms with Crippen molar-refractivity contribution < 1.29 is 17.9 Å². The Hall–Kier alpha value is -0.290. The predicted octanol–water partition coefficient (Wildman–Crippen LogP) is 2.73. The summed E-state index contributed by atoms with van der Waals surface area (Å²) >= 11 is 0. The summed E-state index contributed by atoms with van der Waals surface area (Å²) in [6.07, 6.45) is -2.96. The molecule has 0 aliphatic heterocycles. The van der Waals surface area contributed by atoms with E-state index in [2.05, 4.69) is 12.2 Å². The standard InChI is InChI=1S/C10H20F3NO/c1-3-4-6-14-8-9(2)15-7-5-10(11,12)13/h9,14H,3-8H2,1-2H3. The second kappa shape index (κ2) is 7.93. The van der Waals surface area contributed by atoms with Crippen LogP contribution < -0.4 is 5.32 Å². The van der Waals surface area contributed by atoms with Crippen molar-refractivity contribution in [3.8, 4) is 0 Å². The first-order chi connectivity index (χ1) is 6.95. The largest absolute Gasteiger partial charge is 0.391 e. The first-order valence-corrected chi connectivity index (χ1v) is 5.34. The number of ether oxygens (including phenoxy) is 1. The van der Waals surface area contributed by atoms with Crippen LogP contribution in [0.15, 0.2) is 0 Å². The number of rotatable bonds is 8. The highest BCUT2D eigenvalue weighted by Gasteiger charge is 2.26. The molecule has 1 N–H and O–H groups in total. The second-order valence-electron chi connectivity index (χ2n) is 3.60. The SMILES string of the molecule is CCCCNCC(C)OCCC(F)(F)F. The Morgan fingerprint density at radius 3 is 2.53 bits per heavy atom. The summed E-state index contributed by atoms with van der Waals surface area (Å²) < 4.78 is 40.3. The first-order valence-electron chi connectivity index (χ1n) is 5.34. The average molecular weight is 227 g/mol. The molecule has 0 fully saturated rings. The van der Waals surface area contributed by atoms with Crippen LogP contribution >= 0.6 is 0 Å². The number of nitrogens with one attached hydrogen (secondary N) is 1. The van der Waals surface area contributed by atoms with Crippen molar-refractivity contribution in [3.63, 3.8) is 0 Å². The van der Waals surface area contributed by atoms with Crippen LogP contribution in [0.1, 0.15) is 33.1 Å². The summed E-state index contributed by atoms with van der Waals surface area (Å²) in [5, 5.41) is 3.13. The van der Waals surface area contributed by atoms with Gasteiger partial charge in [0, 0.05) is 6.54 Å². The highest BCUT2D eigenvalue weighted by molar-refractivity contribution is 4.56. The lowest BCUT2D eigenvalue weighted by atomic mass is 10.3. The molecule has 0 aliphatic rings. The van der Waals surface area contributed by atoms with Gasteiger partial charge in [0.05, 0.1) is 19.1 Å². The molecular formula is C10H20F3NO. The zero-order chi connectivity index (χ0) is 11.7. The Morgan fingerprint density at radius 2 is 2.00 bits per heavy atom. The zero-order valence-corrected chi connectivity index (χ0v) is 9.36. The molecule has 5 heteroatoms. The Morgan fingerprint density at radius 1 is 1.33 bits per heavy atom. The molecule has 0 amide bonds. The van der Waals surface area contributed by atoms with Crippen molar-refractivity contribution in [2.24, 2.45) is 0 Å². The van der Waals surface area contributed by atoms with E-state index in [1.807, 2.05) is 0 Å². The first kappa shape index (κ1) is 14.7. The summed E-state index contributed by atoms with van der Waals surface area (Å²) in [5.41, 5.74) is 0. The molecule has 92 valence electrons. The van der Waals surface area contributed by atoms with Crippen molar-refractivity contribution in [2.75, 3.05) is 19.7 Å². The molecule has 0 radical (unpaired) electrons. The van der Waals surface area contributed by atoms with Gasteiger partial charge in [0.2, 0.25) is 0 Å². The molecule has 0 saturated heterocycles. The van der Waals surface area contributed by atoms with E-state index < -0.39 is 12.6 Å². The van der Waals surface area contributed by atoms with Crippen molar-refractivity contribution in [1.82, 2.24) is 5.32 Å². The predicted molar refractivity (Wildman–Crippen MR) is 53.9 cm³/mol. The molecule has 0 bridgehead atoms. The van der Waals surface area contributed by atoms with E-state index in [1.165, 1.54) is 0 Å². The van der Waals surface area contributed by atoms with Crippen LogP contribution in [0.3, 0.4) is 0 Å². The fourth-order valence-electron chi connectivity index (χ4n) is 1.04. The Labute approximate surface area is 89.2 Å². The third kappa shape index (κ3) is 11.6. The van der Waals surface area contributed by atoms with Gasteiger partial charge in [-0.25, -0.2) is 0 Å². The summed E-state index contributed by atoms with van der Waals surface area (Å²) in [6, 6.07) is 0. The smallest absolute Gasteiger partial charge is 0.377 e. The Balaban J connectivity index is 3.29. The van der Waals surface area contributed by atoms with Crippen LogP contribution in [0.2, 0.25) is 0 Å². The molecule has 15 heavy (non-hydrogen) atoms. The number of hydrogen-bond donors (Lipinski definition) is 1. The molecule has 0 aromatic rings. The van der Waals surface area contributed by atoms with Crippen molar-refractivity contribution in [3.05, 3.63) is 0 Å². The van der Waals surface area contributed by atoms with Crippen LogP contribution in [-0.4, -0.2) is 32.0 Å². The van der Waals surface area contributed by atoms with Gasteiger partial charge in [0.15, 0.2) is 0 Å². The van der Waals surface area contributed by atoms with Crippen LogP contribution in [0.4, 0.5) is 13.2 Å². The third-order valence-corrected chi connectivity index (χ3v) is 1.93. The van der Waals surface area contributed by atoms with Crippen molar-refractivity contribution >= 4 is 0 Å². The van der Waals surface area contributed by atoms with E-state index in [0.717, 1.165) is 19.4 Å². The summed E-state index contributed by atoms with van der Waals surface area (Å²) in [4.78, 5) is 0. The molecule has 2 nitrogen and oxygen atoms in total. The lowest BCUT2D eigenvalue weighted by Crippen LogP contribution is -2.28. The maximum atomic E-state index is 11.8. The highest BCUT2D eigenvalue weighted by Crippen LogP contribution is 2.19. The molecule has 0 heterocycles. The molecule has 0 spiro atoms. The Kier molecular flexibility index (Phi) is 7.78. The lowest BCUT2D eigenvalue weighted by Gasteiger charge is -2.14. The summed E-state index contributed by atoms with van der Waals surface area (Å²) in [7, 11) is 0. The van der Waals surface area contributed by atoms with Gasteiger partial charge in [0.1, 0.15) is 0 Å². The van der Waals surface area contributed by atoms with Crippen LogP contribution in [0, 0.1) is 0 Å². The van der Waals surface area contributed by atoms with Gasteiger partial charge in [-0.1, -0.05) is 13.3 Å². The summed E-state index contributed by atoms with van der Waals surface area (Å²) in [6.45, 7) is 5.11. The molecule has 0 saturated carbocycles. The minimum atomic E-state index is -4.12. The summed E-state index contributed by atoms with van der Waals surface area (Å²) in [5.74, 6) is 0. The zero-order valence-electron chi connectivity index (χ0n) is 9.36. The highest BCUT2D eigenvalue weighted by atomic mass is 19.4. The Bertz CT molecular complexity index is 150. The second-order valence-corrected chi connectivity index (χ2v) is 3.60. The average Bonchev–Trinajstić information content (AvgIpc) is 2.10. The maximum absolute atomic E-state index is 11.8. The lowest BCUT2D eigenvalue weighted by molar-refractivity contribution is -0.148. The van der Waals surface area contributed by atoms with Gasteiger partial charge in [0.25, 0.3) is 0 Å². The van der Waals surface area contributed by atoms with Crippen molar-refractivity contribution in [1.29, 1.82) is 0 Å².